The fourth-order valence-electron chi connectivity index (χ4n) is 1.97. The SMILES string of the molecule is O=C(O)[C@@H]1[C@@H](c2ccc(F)c(C(F)F)c2)C1(Cl)Cl. The number of hydrogen-bond donors (Lipinski definition) is 1. The van der Waals surface area contributed by atoms with Crippen LogP contribution in [0.2, 0.25) is 0 Å². The Labute approximate surface area is 110 Å². The van der Waals surface area contributed by atoms with Gasteiger partial charge >= 0.3 is 5.97 Å². The highest BCUT2D eigenvalue weighted by Crippen LogP contribution is 2.65. The number of carboxylic acids is 1. The molecular weight excluding hydrogens is 292 g/mol. The Kier molecular flexibility index (Phi) is 3.23. The van der Waals surface area contributed by atoms with Crippen molar-refractivity contribution >= 4 is 29.2 Å². The van der Waals surface area contributed by atoms with Gasteiger partial charge in [0.15, 0.2) is 0 Å². The third-order valence-corrected chi connectivity index (χ3v) is 3.87. The van der Waals surface area contributed by atoms with Crippen molar-refractivity contribution in [1.29, 1.82) is 0 Å². The summed E-state index contributed by atoms with van der Waals surface area (Å²) in [6, 6.07) is 2.99. The van der Waals surface area contributed by atoms with Crippen molar-refractivity contribution in [3.63, 3.8) is 0 Å². The summed E-state index contributed by atoms with van der Waals surface area (Å²) in [4.78, 5) is 10.9. The van der Waals surface area contributed by atoms with E-state index < -0.39 is 39.9 Å². The molecule has 2 atom stereocenters. The molecule has 0 spiro atoms. The van der Waals surface area contributed by atoms with Gasteiger partial charge in [0.2, 0.25) is 0 Å². The number of rotatable bonds is 3. The number of benzene rings is 1. The molecule has 1 N–H and O–H groups in total. The molecule has 1 aromatic rings. The van der Waals surface area contributed by atoms with E-state index in [1.54, 1.807) is 0 Å². The fraction of sp³-hybridized carbons (Fsp3) is 0.364. The zero-order chi connectivity index (χ0) is 13.7. The van der Waals surface area contributed by atoms with Gasteiger partial charge in [0.05, 0.1) is 11.5 Å². The highest BCUT2D eigenvalue weighted by Gasteiger charge is 2.68. The maximum absolute atomic E-state index is 13.1. The maximum Gasteiger partial charge on any atom is 0.310 e. The van der Waals surface area contributed by atoms with Crippen LogP contribution in [-0.2, 0) is 4.79 Å². The van der Waals surface area contributed by atoms with Crippen LogP contribution in [0.4, 0.5) is 13.2 Å². The summed E-state index contributed by atoms with van der Waals surface area (Å²) >= 11 is 11.6. The van der Waals surface area contributed by atoms with Gasteiger partial charge in [-0.25, -0.2) is 13.2 Å². The number of carboxylic acid groups (broad SMARTS) is 1. The van der Waals surface area contributed by atoms with Crippen LogP contribution in [0.3, 0.4) is 0 Å². The van der Waals surface area contributed by atoms with E-state index in [-0.39, 0.29) is 5.56 Å². The van der Waals surface area contributed by atoms with E-state index in [1.165, 1.54) is 6.07 Å². The van der Waals surface area contributed by atoms with Crippen molar-refractivity contribution in [3.8, 4) is 0 Å². The molecule has 0 amide bonds. The van der Waals surface area contributed by atoms with Crippen molar-refractivity contribution in [3.05, 3.63) is 35.1 Å². The van der Waals surface area contributed by atoms with Crippen LogP contribution in [0.5, 0.6) is 0 Å². The quantitative estimate of drug-likeness (QED) is 0.863. The van der Waals surface area contributed by atoms with Crippen molar-refractivity contribution in [2.24, 2.45) is 5.92 Å². The predicted octanol–water partition coefficient (Wildman–Crippen LogP) is 3.74. The smallest absolute Gasteiger partial charge is 0.310 e. The van der Waals surface area contributed by atoms with Crippen LogP contribution >= 0.6 is 23.2 Å². The Morgan fingerprint density at radius 2 is 2.00 bits per heavy atom. The van der Waals surface area contributed by atoms with Gasteiger partial charge in [-0.15, -0.1) is 0 Å². The zero-order valence-electron chi connectivity index (χ0n) is 8.71. The number of alkyl halides is 4. The summed E-state index contributed by atoms with van der Waals surface area (Å²) in [5, 5.41) is 8.86. The topological polar surface area (TPSA) is 37.3 Å². The van der Waals surface area contributed by atoms with Crippen LogP contribution < -0.4 is 0 Å². The van der Waals surface area contributed by atoms with Gasteiger partial charge in [-0.05, 0) is 17.7 Å². The first kappa shape index (κ1) is 13.5. The van der Waals surface area contributed by atoms with E-state index >= 15 is 0 Å². The van der Waals surface area contributed by atoms with Crippen molar-refractivity contribution < 1.29 is 23.1 Å². The largest absolute Gasteiger partial charge is 0.481 e. The first-order chi connectivity index (χ1) is 8.26. The summed E-state index contributed by atoms with van der Waals surface area (Å²) in [7, 11) is 0. The van der Waals surface area contributed by atoms with Crippen molar-refractivity contribution in [2.75, 3.05) is 0 Å². The van der Waals surface area contributed by atoms with E-state index in [2.05, 4.69) is 0 Å². The van der Waals surface area contributed by atoms with Crippen LogP contribution in [0.15, 0.2) is 18.2 Å². The minimum absolute atomic E-state index is 0.198. The number of hydrogen-bond acceptors (Lipinski definition) is 1. The van der Waals surface area contributed by atoms with Gasteiger partial charge in [0.1, 0.15) is 10.2 Å². The second-order valence-electron chi connectivity index (χ2n) is 4.05. The molecule has 0 radical (unpaired) electrons. The Morgan fingerprint density at radius 3 is 2.44 bits per heavy atom. The molecule has 1 fully saturated rings. The van der Waals surface area contributed by atoms with Crippen molar-refractivity contribution in [2.45, 2.75) is 16.7 Å². The fourth-order valence-corrected chi connectivity index (χ4v) is 2.79. The van der Waals surface area contributed by atoms with E-state index in [9.17, 15) is 18.0 Å². The predicted molar refractivity (Wildman–Crippen MR) is 59.7 cm³/mol. The van der Waals surface area contributed by atoms with E-state index in [4.69, 9.17) is 28.3 Å². The molecule has 1 saturated carbocycles. The Balaban J connectivity index is 2.37. The molecule has 0 saturated heterocycles. The first-order valence-electron chi connectivity index (χ1n) is 4.95. The molecular formula is C11H7Cl2F3O2. The molecule has 0 unspecified atom stereocenters. The molecule has 98 valence electrons. The lowest BCUT2D eigenvalue weighted by molar-refractivity contribution is -0.138. The molecule has 1 aliphatic carbocycles. The van der Waals surface area contributed by atoms with Crippen LogP contribution in [0.1, 0.15) is 23.5 Å². The van der Waals surface area contributed by atoms with Gasteiger partial charge in [-0.2, -0.15) is 0 Å². The lowest BCUT2D eigenvalue weighted by Gasteiger charge is -2.05. The molecule has 7 heteroatoms. The number of aliphatic carboxylic acids is 1. The molecule has 0 heterocycles. The zero-order valence-corrected chi connectivity index (χ0v) is 10.2. The molecule has 0 bridgehead atoms. The average molecular weight is 299 g/mol. The standard InChI is InChI=1S/C11H7Cl2F3O2/c12-11(13)7(8(11)10(17)18)4-1-2-6(14)5(3-4)9(15)16/h1-3,7-9H,(H,17,18)/t7-,8+/m1/s1. The van der Waals surface area contributed by atoms with E-state index in [0.717, 1.165) is 12.1 Å². The summed E-state index contributed by atoms with van der Waals surface area (Å²) in [6.45, 7) is 0. The minimum Gasteiger partial charge on any atom is -0.481 e. The molecule has 1 aromatic carbocycles. The maximum atomic E-state index is 13.1. The second kappa shape index (κ2) is 4.31. The van der Waals surface area contributed by atoms with Gasteiger partial charge in [0.25, 0.3) is 6.43 Å². The lowest BCUT2D eigenvalue weighted by Crippen LogP contribution is -2.03. The van der Waals surface area contributed by atoms with Gasteiger partial charge in [-0.3, -0.25) is 4.79 Å². The highest BCUT2D eigenvalue weighted by atomic mass is 35.5. The molecule has 0 aromatic heterocycles. The molecule has 2 rings (SSSR count). The second-order valence-corrected chi connectivity index (χ2v) is 5.49. The summed E-state index contributed by atoms with van der Waals surface area (Å²) in [5.74, 6) is -4.14. The first-order valence-corrected chi connectivity index (χ1v) is 5.70. The third-order valence-electron chi connectivity index (χ3n) is 2.93. The van der Waals surface area contributed by atoms with Crippen molar-refractivity contribution in [1.82, 2.24) is 0 Å². The van der Waals surface area contributed by atoms with Crippen LogP contribution in [0, 0.1) is 11.7 Å². The Hall–Kier alpha value is -0.940. The molecule has 18 heavy (non-hydrogen) atoms. The van der Waals surface area contributed by atoms with Gasteiger partial charge < -0.3 is 5.11 Å². The molecule has 2 nitrogen and oxygen atoms in total. The number of carbonyl (C=O) groups is 1. The monoisotopic (exact) mass is 298 g/mol. The van der Waals surface area contributed by atoms with Gasteiger partial charge in [0, 0.05) is 5.92 Å². The average Bonchev–Trinajstić information content (AvgIpc) is 2.82. The Bertz CT molecular complexity index is 505. The van der Waals surface area contributed by atoms with Gasteiger partial charge in [-0.1, -0.05) is 29.3 Å². The summed E-state index contributed by atoms with van der Waals surface area (Å²) in [6.07, 6.45) is -2.98. The third kappa shape index (κ3) is 2.06. The summed E-state index contributed by atoms with van der Waals surface area (Å²) < 4.78 is 36.6. The molecule has 0 aliphatic heterocycles. The van der Waals surface area contributed by atoms with Crippen LogP contribution in [-0.4, -0.2) is 15.4 Å². The molecule has 1 aliphatic rings. The summed E-state index contributed by atoms with van der Waals surface area (Å²) in [5.41, 5.74) is -0.586. The number of halogens is 5. The van der Waals surface area contributed by atoms with E-state index in [0.29, 0.717) is 0 Å². The Morgan fingerprint density at radius 1 is 1.39 bits per heavy atom. The lowest BCUT2D eigenvalue weighted by atomic mass is 10.1. The van der Waals surface area contributed by atoms with Crippen LogP contribution in [0.25, 0.3) is 0 Å². The highest BCUT2D eigenvalue weighted by molar-refractivity contribution is 6.53. The van der Waals surface area contributed by atoms with E-state index in [1.807, 2.05) is 0 Å². The minimum atomic E-state index is -2.98. The normalized spacial score (nSPS) is 25.2.